The molecule has 0 aliphatic carbocycles. The molecule has 1 saturated heterocycles. The minimum absolute atomic E-state index is 0.423. The number of carboxylic acid groups (broad SMARTS) is 3. The van der Waals surface area contributed by atoms with Gasteiger partial charge in [0, 0.05) is 38.2 Å². The molecule has 5 atom stereocenters. The van der Waals surface area contributed by atoms with Crippen molar-refractivity contribution in [1.29, 1.82) is 0 Å². The van der Waals surface area contributed by atoms with Crippen LogP contribution in [-0.2, 0) is 33.4 Å². The number of carboxylic acids is 3. The SMILES string of the molecule is CC(=O)N[C@@H]1[C@H](CC(=O)[O-])[C@@H](CC(=O)[O-])[C@H](COC(C)=O)O[C@H]1CC(=O)[O-]. The van der Waals surface area contributed by atoms with E-state index in [1.807, 2.05) is 0 Å². The molecule has 1 heterocycles. The Morgan fingerprint density at radius 1 is 0.852 bits per heavy atom. The van der Waals surface area contributed by atoms with E-state index in [4.69, 9.17) is 9.47 Å². The highest BCUT2D eigenvalue weighted by atomic mass is 16.6. The summed E-state index contributed by atoms with van der Waals surface area (Å²) in [6.45, 7) is 1.81. The van der Waals surface area contributed by atoms with Gasteiger partial charge in [0.15, 0.2) is 0 Å². The second-order valence-electron chi connectivity index (χ2n) is 6.30. The molecule has 0 bridgehead atoms. The predicted octanol–water partition coefficient (Wildman–Crippen LogP) is -4.53. The van der Waals surface area contributed by atoms with Crippen molar-refractivity contribution in [3.05, 3.63) is 0 Å². The minimum Gasteiger partial charge on any atom is -0.550 e. The van der Waals surface area contributed by atoms with Crippen molar-refractivity contribution in [2.24, 2.45) is 11.8 Å². The van der Waals surface area contributed by atoms with E-state index in [-0.39, 0.29) is 0 Å². The molecule has 1 N–H and O–H groups in total. The first-order valence-electron chi connectivity index (χ1n) is 8.16. The van der Waals surface area contributed by atoms with Gasteiger partial charge in [0.2, 0.25) is 5.91 Å². The molecule has 1 rings (SSSR count). The van der Waals surface area contributed by atoms with Gasteiger partial charge in [0.25, 0.3) is 0 Å². The number of ether oxygens (including phenoxy) is 2. The molecule has 1 amide bonds. The van der Waals surface area contributed by atoms with E-state index < -0.39 is 85.7 Å². The van der Waals surface area contributed by atoms with Gasteiger partial charge in [-0.3, -0.25) is 9.59 Å². The lowest BCUT2D eigenvalue weighted by Crippen LogP contribution is -2.61. The van der Waals surface area contributed by atoms with Crippen LogP contribution >= 0.6 is 0 Å². The number of carbonyl (C=O) groups is 5. The lowest BCUT2D eigenvalue weighted by molar-refractivity contribution is -0.316. The standard InChI is InChI=1S/C16H23NO10/c1-7(18)17-16-10(4-14(22)23)9(3-13(20)21)12(6-26-8(2)19)27-11(16)5-15(24)25/h9-12,16H,3-6H2,1-2H3,(H,17,18)(H,20,21)(H,22,23)(H,24,25)/p-3/t9-,10-,11+,12+,16-/m1/s1. The topological polar surface area (TPSA) is 185 Å². The number of rotatable bonds is 9. The molecule has 1 aliphatic rings. The van der Waals surface area contributed by atoms with Crippen LogP contribution < -0.4 is 20.6 Å². The van der Waals surface area contributed by atoms with E-state index in [1.165, 1.54) is 0 Å². The average molecular weight is 386 g/mol. The molecule has 27 heavy (non-hydrogen) atoms. The molecule has 0 spiro atoms. The molecule has 0 saturated carbocycles. The maximum Gasteiger partial charge on any atom is 0.302 e. The van der Waals surface area contributed by atoms with Crippen LogP contribution in [0.2, 0.25) is 0 Å². The molecule has 0 radical (unpaired) electrons. The molecule has 11 nitrogen and oxygen atoms in total. The molecule has 0 aromatic rings. The van der Waals surface area contributed by atoms with E-state index >= 15 is 0 Å². The Hall–Kier alpha value is -2.69. The number of aliphatic carboxylic acids is 3. The van der Waals surface area contributed by atoms with Crippen molar-refractivity contribution in [2.45, 2.75) is 51.4 Å². The van der Waals surface area contributed by atoms with E-state index in [9.17, 15) is 39.3 Å². The van der Waals surface area contributed by atoms with Gasteiger partial charge < -0.3 is 44.5 Å². The number of esters is 1. The minimum atomic E-state index is -1.53. The van der Waals surface area contributed by atoms with Crippen LogP contribution in [-0.4, -0.2) is 54.6 Å². The largest absolute Gasteiger partial charge is 0.550 e. The number of hydrogen-bond donors (Lipinski definition) is 1. The Labute approximate surface area is 154 Å². The zero-order valence-corrected chi connectivity index (χ0v) is 14.8. The third kappa shape index (κ3) is 7.21. The lowest BCUT2D eigenvalue weighted by atomic mass is 9.73. The van der Waals surface area contributed by atoms with E-state index in [1.54, 1.807) is 0 Å². The first kappa shape index (κ1) is 22.4. The molecule has 0 aromatic heterocycles. The highest BCUT2D eigenvalue weighted by Crippen LogP contribution is 2.37. The Kier molecular flexibility index (Phi) is 8.16. The molecular formula is C16H20NO10-3. The molecule has 1 fully saturated rings. The van der Waals surface area contributed by atoms with Gasteiger partial charge in [-0.25, -0.2) is 0 Å². The van der Waals surface area contributed by atoms with Gasteiger partial charge in [-0.1, -0.05) is 0 Å². The molecule has 0 aromatic carbocycles. The molecule has 152 valence electrons. The van der Waals surface area contributed by atoms with Gasteiger partial charge in [-0.15, -0.1) is 0 Å². The third-order valence-electron chi connectivity index (χ3n) is 4.23. The van der Waals surface area contributed by atoms with Gasteiger partial charge in [0.05, 0.1) is 18.2 Å². The number of nitrogens with one attached hydrogen (secondary N) is 1. The summed E-state index contributed by atoms with van der Waals surface area (Å²) in [6.07, 6.45) is -4.36. The third-order valence-corrected chi connectivity index (χ3v) is 4.23. The quantitative estimate of drug-likeness (QED) is 0.378. The molecule has 0 unspecified atom stereocenters. The summed E-state index contributed by atoms with van der Waals surface area (Å²) in [5.74, 6) is -7.95. The number of carbonyl (C=O) groups excluding carboxylic acids is 5. The van der Waals surface area contributed by atoms with Crippen molar-refractivity contribution in [2.75, 3.05) is 6.61 Å². The van der Waals surface area contributed by atoms with Crippen molar-refractivity contribution in [3.63, 3.8) is 0 Å². The maximum atomic E-state index is 11.5. The Morgan fingerprint density at radius 3 is 1.81 bits per heavy atom. The van der Waals surface area contributed by atoms with Gasteiger partial charge >= 0.3 is 5.97 Å². The average Bonchev–Trinajstić information content (AvgIpc) is 2.49. The summed E-state index contributed by atoms with van der Waals surface area (Å²) in [5.41, 5.74) is 0. The fourth-order valence-corrected chi connectivity index (χ4v) is 3.31. The van der Waals surface area contributed by atoms with Crippen LogP contribution in [0.25, 0.3) is 0 Å². The van der Waals surface area contributed by atoms with Gasteiger partial charge in [-0.05, 0) is 24.7 Å². The van der Waals surface area contributed by atoms with Crippen molar-refractivity contribution < 1.29 is 48.8 Å². The van der Waals surface area contributed by atoms with Crippen molar-refractivity contribution in [1.82, 2.24) is 5.32 Å². The summed E-state index contributed by atoms with van der Waals surface area (Å²) in [4.78, 5) is 56.0. The van der Waals surface area contributed by atoms with Crippen molar-refractivity contribution >= 4 is 29.8 Å². The highest BCUT2D eigenvalue weighted by Gasteiger charge is 2.46. The predicted molar refractivity (Wildman–Crippen MR) is 78.8 cm³/mol. The van der Waals surface area contributed by atoms with E-state index in [0.29, 0.717) is 0 Å². The monoisotopic (exact) mass is 386 g/mol. The van der Waals surface area contributed by atoms with Crippen LogP contribution in [0.3, 0.4) is 0 Å². The first-order valence-corrected chi connectivity index (χ1v) is 8.16. The van der Waals surface area contributed by atoms with Crippen LogP contribution in [0.4, 0.5) is 0 Å². The second-order valence-corrected chi connectivity index (χ2v) is 6.30. The van der Waals surface area contributed by atoms with Gasteiger partial charge in [-0.2, -0.15) is 0 Å². The van der Waals surface area contributed by atoms with Crippen molar-refractivity contribution in [3.8, 4) is 0 Å². The van der Waals surface area contributed by atoms with E-state index in [0.717, 1.165) is 13.8 Å². The van der Waals surface area contributed by atoms with E-state index in [2.05, 4.69) is 5.32 Å². The Balaban J connectivity index is 3.29. The summed E-state index contributed by atoms with van der Waals surface area (Å²) >= 11 is 0. The number of hydrogen-bond acceptors (Lipinski definition) is 10. The Morgan fingerprint density at radius 2 is 1.37 bits per heavy atom. The second kappa shape index (κ2) is 9.86. The van der Waals surface area contributed by atoms with Crippen LogP contribution in [0, 0.1) is 11.8 Å². The summed E-state index contributed by atoms with van der Waals surface area (Å²) in [7, 11) is 0. The molecule has 11 heteroatoms. The zero-order valence-electron chi connectivity index (χ0n) is 14.8. The smallest absolute Gasteiger partial charge is 0.302 e. The van der Waals surface area contributed by atoms with Gasteiger partial charge in [0.1, 0.15) is 6.61 Å². The maximum absolute atomic E-state index is 11.5. The van der Waals surface area contributed by atoms with Crippen LogP contribution in [0.1, 0.15) is 33.1 Å². The summed E-state index contributed by atoms with van der Waals surface area (Å²) < 4.78 is 10.4. The number of amides is 1. The fourth-order valence-electron chi connectivity index (χ4n) is 3.31. The highest BCUT2D eigenvalue weighted by molar-refractivity contribution is 5.74. The summed E-state index contributed by atoms with van der Waals surface area (Å²) in [6, 6.07) is -1.13. The van der Waals surface area contributed by atoms with Crippen LogP contribution in [0.5, 0.6) is 0 Å². The zero-order chi connectivity index (χ0) is 20.7. The molecular weight excluding hydrogens is 366 g/mol. The first-order chi connectivity index (χ1) is 12.5. The normalized spacial score (nSPS) is 27.4. The molecule has 1 aliphatic heterocycles. The Bertz CT molecular complexity index is 604. The fraction of sp³-hybridized carbons (Fsp3) is 0.688. The van der Waals surface area contributed by atoms with Crippen LogP contribution in [0.15, 0.2) is 0 Å². The lowest BCUT2D eigenvalue weighted by Gasteiger charge is -2.48. The summed E-state index contributed by atoms with van der Waals surface area (Å²) in [5, 5.41) is 35.8.